The quantitative estimate of drug-likeness (QED) is 0.635. The minimum absolute atomic E-state index is 0.0426. The molecule has 1 aliphatic rings. The zero-order valence-corrected chi connectivity index (χ0v) is 12.6. The zero-order valence-electron chi connectivity index (χ0n) is 11.7. The van der Waals surface area contributed by atoms with Crippen LogP contribution in [0.5, 0.6) is 0 Å². The first-order valence-electron chi connectivity index (χ1n) is 6.78. The summed E-state index contributed by atoms with van der Waals surface area (Å²) < 4.78 is 21.5. The molecule has 0 N–H and O–H groups in total. The van der Waals surface area contributed by atoms with Crippen molar-refractivity contribution in [2.24, 2.45) is 11.8 Å². The van der Waals surface area contributed by atoms with Crippen molar-refractivity contribution in [3.8, 4) is 0 Å². The molecule has 2 atom stereocenters. The van der Waals surface area contributed by atoms with Gasteiger partial charge in [-0.1, -0.05) is 26.2 Å². The molecule has 4 nitrogen and oxygen atoms in total. The third-order valence-electron chi connectivity index (χ3n) is 3.87. The summed E-state index contributed by atoms with van der Waals surface area (Å²) in [6.45, 7) is 2.19. The topological polar surface area (TPSA) is 52.6 Å². The second-order valence-corrected chi connectivity index (χ2v) is 7.39. The normalized spacial score (nSPS) is 24.4. The van der Waals surface area contributed by atoms with Crippen LogP contribution in [0, 0.1) is 11.8 Å². The molecule has 0 aromatic heterocycles. The lowest BCUT2D eigenvalue weighted by atomic mass is 9.97. The molecular weight excluding hydrogens is 251 g/mol. The van der Waals surface area contributed by atoms with Crippen LogP contribution in [0.3, 0.4) is 0 Å². The lowest BCUT2D eigenvalue weighted by Gasteiger charge is -2.15. The highest BCUT2D eigenvalue weighted by Gasteiger charge is 2.34. The molecule has 1 rings (SSSR count). The Bertz CT molecular complexity index is 308. The van der Waals surface area contributed by atoms with Crippen LogP contribution < -0.4 is 0 Å². The number of ketones is 1. The first-order chi connectivity index (χ1) is 8.54. The van der Waals surface area contributed by atoms with Crippen molar-refractivity contribution in [2.45, 2.75) is 45.4 Å². The molecule has 18 heavy (non-hydrogen) atoms. The zero-order chi connectivity index (χ0) is 13.6. The monoisotopic (exact) mass is 276 g/mol. The third-order valence-corrected chi connectivity index (χ3v) is 5.68. The largest absolute Gasteiger partial charge is 0.337 e. The van der Waals surface area contributed by atoms with Crippen LogP contribution >= 0.6 is 7.60 Å². The lowest BCUT2D eigenvalue weighted by molar-refractivity contribution is -0.120. The van der Waals surface area contributed by atoms with Crippen LogP contribution in [0.4, 0.5) is 0 Å². The van der Waals surface area contributed by atoms with E-state index in [1.165, 1.54) is 33.5 Å². The van der Waals surface area contributed by atoms with Gasteiger partial charge in [-0.15, -0.1) is 0 Å². The fraction of sp³-hybridized carbons (Fsp3) is 0.923. The van der Waals surface area contributed by atoms with Gasteiger partial charge < -0.3 is 9.05 Å². The molecule has 0 heterocycles. The predicted molar refractivity (Wildman–Crippen MR) is 71.9 cm³/mol. The molecule has 0 saturated heterocycles. The van der Waals surface area contributed by atoms with E-state index < -0.39 is 7.60 Å². The van der Waals surface area contributed by atoms with Gasteiger partial charge in [0.1, 0.15) is 11.9 Å². The molecule has 1 saturated carbocycles. The molecule has 0 aromatic rings. The Labute approximate surface area is 110 Å². The molecule has 106 valence electrons. The highest BCUT2D eigenvalue weighted by atomic mass is 31.2. The van der Waals surface area contributed by atoms with E-state index in [1.54, 1.807) is 0 Å². The summed E-state index contributed by atoms with van der Waals surface area (Å²) in [7, 11) is -0.521. The molecule has 1 unspecified atom stereocenters. The number of carbonyl (C=O) groups excluding carboxylic acids is 1. The van der Waals surface area contributed by atoms with Crippen LogP contribution in [0.15, 0.2) is 0 Å². The van der Waals surface area contributed by atoms with Crippen molar-refractivity contribution >= 4 is 13.4 Å². The maximum absolute atomic E-state index is 12.1. The second kappa shape index (κ2) is 7.42. The van der Waals surface area contributed by atoms with Gasteiger partial charge >= 0.3 is 7.60 Å². The van der Waals surface area contributed by atoms with E-state index in [4.69, 9.17) is 9.05 Å². The summed E-state index contributed by atoms with van der Waals surface area (Å²) in [5, 5.41) is 0. The molecule has 0 bridgehead atoms. The van der Waals surface area contributed by atoms with Crippen LogP contribution in [0.1, 0.15) is 45.4 Å². The van der Waals surface area contributed by atoms with E-state index in [9.17, 15) is 9.36 Å². The summed E-state index contributed by atoms with van der Waals surface area (Å²) >= 11 is 0. The lowest BCUT2D eigenvalue weighted by Crippen LogP contribution is -2.17. The number of carbonyl (C=O) groups is 1. The molecule has 0 radical (unpaired) electrons. The standard InChI is InChI=1S/C13H25O4P/c1-4-5-6-11-7-8-12(9-11)13(14)10-18(15,16-2)17-3/h11-12H,4-10H2,1-3H3/t11-,12?/m0/s1. The Kier molecular flexibility index (Phi) is 6.54. The fourth-order valence-corrected chi connectivity index (χ4v) is 3.69. The Hall–Kier alpha value is -0.180. The Morgan fingerprint density at radius 1 is 1.28 bits per heavy atom. The fourth-order valence-electron chi connectivity index (χ4n) is 2.65. The van der Waals surface area contributed by atoms with Gasteiger partial charge in [-0.25, -0.2) is 0 Å². The van der Waals surface area contributed by atoms with E-state index in [-0.39, 0.29) is 17.9 Å². The molecule has 0 amide bonds. The van der Waals surface area contributed by atoms with E-state index in [0.717, 1.165) is 19.3 Å². The van der Waals surface area contributed by atoms with Crippen molar-refractivity contribution in [1.29, 1.82) is 0 Å². The molecule has 0 aliphatic heterocycles. The predicted octanol–water partition coefficient (Wildman–Crippen LogP) is 3.65. The van der Waals surface area contributed by atoms with E-state index in [2.05, 4.69) is 6.92 Å². The summed E-state index contributed by atoms with van der Waals surface area (Å²) in [6.07, 6.45) is 6.59. The van der Waals surface area contributed by atoms with Gasteiger partial charge in [-0.2, -0.15) is 0 Å². The second-order valence-electron chi connectivity index (χ2n) is 5.12. The van der Waals surface area contributed by atoms with Crippen molar-refractivity contribution in [1.82, 2.24) is 0 Å². The Morgan fingerprint density at radius 3 is 2.50 bits per heavy atom. The highest BCUT2D eigenvalue weighted by Crippen LogP contribution is 2.48. The van der Waals surface area contributed by atoms with Crippen molar-refractivity contribution in [3.63, 3.8) is 0 Å². The average molecular weight is 276 g/mol. The van der Waals surface area contributed by atoms with Crippen molar-refractivity contribution in [3.05, 3.63) is 0 Å². The van der Waals surface area contributed by atoms with Gasteiger partial charge in [0.05, 0.1) is 0 Å². The summed E-state index contributed by atoms with van der Waals surface area (Å²) in [5.74, 6) is 0.773. The third kappa shape index (κ3) is 4.49. The molecule has 0 aromatic carbocycles. The smallest absolute Gasteiger partial charge is 0.312 e. The van der Waals surface area contributed by atoms with Gasteiger partial charge in [0.2, 0.25) is 0 Å². The SMILES string of the molecule is CCCC[C@H]1CCC(C(=O)CP(=O)(OC)OC)C1. The number of unbranched alkanes of at least 4 members (excludes halogenated alkanes) is 1. The van der Waals surface area contributed by atoms with Gasteiger partial charge in [0, 0.05) is 20.1 Å². The molecule has 0 spiro atoms. The minimum atomic E-state index is -3.18. The number of Topliss-reactive ketones (excluding diaryl/α,β-unsaturated/α-hetero) is 1. The Balaban J connectivity index is 2.42. The van der Waals surface area contributed by atoms with Crippen molar-refractivity contribution in [2.75, 3.05) is 20.4 Å². The van der Waals surface area contributed by atoms with E-state index >= 15 is 0 Å². The first kappa shape index (κ1) is 15.9. The Morgan fingerprint density at radius 2 is 1.94 bits per heavy atom. The van der Waals surface area contributed by atoms with Gasteiger partial charge in [-0.3, -0.25) is 9.36 Å². The molecule has 1 fully saturated rings. The van der Waals surface area contributed by atoms with Crippen LogP contribution in [-0.4, -0.2) is 26.2 Å². The maximum atomic E-state index is 12.1. The van der Waals surface area contributed by atoms with Crippen molar-refractivity contribution < 1.29 is 18.4 Å². The van der Waals surface area contributed by atoms with Gasteiger partial charge in [0.15, 0.2) is 0 Å². The van der Waals surface area contributed by atoms with E-state index in [0.29, 0.717) is 5.92 Å². The molecule has 1 aliphatic carbocycles. The van der Waals surface area contributed by atoms with Gasteiger partial charge in [0.25, 0.3) is 0 Å². The van der Waals surface area contributed by atoms with Gasteiger partial charge in [-0.05, 0) is 25.2 Å². The maximum Gasteiger partial charge on any atom is 0.337 e. The number of hydrogen-bond donors (Lipinski definition) is 0. The number of hydrogen-bond acceptors (Lipinski definition) is 4. The number of rotatable bonds is 8. The van der Waals surface area contributed by atoms with Crippen LogP contribution in [0.2, 0.25) is 0 Å². The van der Waals surface area contributed by atoms with E-state index in [1.807, 2.05) is 0 Å². The average Bonchev–Trinajstić information content (AvgIpc) is 2.85. The summed E-state index contributed by atoms with van der Waals surface area (Å²) in [6, 6.07) is 0. The van der Waals surface area contributed by atoms with Crippen LogP contribution in [0.25, 0.3) is 0 Å². The molecular formula is C13H25O4P. The summed E-state index contributed by atoms with van der Waals surface area (Å²) in [5.41, 5.74) is 0. The highest BCUT2D eigenvalue weighted by molar-refractivity contribution is 7.54. The first-order valence-corrected chi connectivity index (χ1v) is 8.50. The molecule has 5 heteroatoms. The minimum Gasteiger partial charge on any atom is -0.312 e. The summed E-state index contributed by atoms with van der Waals surface area (Å²) in [4.78, 5) is 12.1. The van der Waals surface area contributed by atoms with Crippen LogP contribution in [-0.2, 0) is 18.4 Å².